The minimum Gasteiger partial charge on any atom is -0.396 e. The normalized spacial score (nSPS) is 12.5. The summed E-state index contributed by atoms with van der Waals surface area (Å²) in [5, 5.41) is 11.5. The molecule has 78 valence electrons. The summed E-state index contributed by atoms with van der Waals surface area (Å²) < 4.78 is 0. The van der Waals surface area contributed by atoms with Gasteiger partial charge in [0.25, 0.3) is 0 Å². The minimum atomic E-state index is 0.117. The van der Waals surface area contributed by atoms with Crippen LogP contribution < -0.4 is 5.32 Å². The average molecular weight is 205 g/mol. The first kappa shape index (κ1) is 12.8. The molecule has 0 aromatic carbocycles. The van der Waals surface area contributed by atoms with Crippen molar-refractivity contribution in [3.8, 4) is 0 Å². The van der Waals surface area contributed by atoms with Crippen LogP contribution in [0.3, 0.4) is 0 Å². The molecule has 4 heteroatoms. The molecule has 2 N–H and O–H groups in total. The fourth-order valence-corrected chi connectivity index (χ4v) is 1.79. The molecule has 0 aromatic rings. The Morgan fingerprint density at radius 3 is 2.85 bits per heavy atom. The minimum absolute atomic E-state index is 0.117. The summed E-state index contributed by atoms with van der Waals surface area (Å²) in [6, 6.07) is 0. The van der Waals surface area contributed by atoms with Crippen molar-refractivity contribution in [3.63, 3.8) is 0 Å². The standard InChI is InChI=1S/C9H19NO2S/c1-3-10-9(12)4-5-13-7-8(2)6-11/h8,11H,3-7H2,1-2H3,(H,10,12). The first-order chi connectivity index (χ1) is 6.20. The number of carbonyl (C=O) groups is 1. The van der Waals surface area contributed by atoms with E-state index < -0.39 is 0 Å². The van der Waals surface area contributed by atoms with Crippen LogP contribution in [0.15, 0.2) is 0 Å². The molecule has 1 unspecified atom stereocenters. The smallest absolute Gasteiger partial charge is 0.220 e. The lowest BCUT2D eigenvalue weighted by molar-refractivity contribution is -0.120. The second-order valence-corrected chi connectivity index (χ2v) is 4.22. The number of nitrogens with one attached hydrogen (secondary N) is 1. The third-order valence-corrected chi connectivity index (χ3v) is 2.86. The topological polar surface area (TPSA) is 49.3 Å². The predicted octanol–water partition coefficient (Wildman–Crippen LogP) is 0.874. The van der Waals surface area contributed by atoms with Crippen LogP contribution in [0.4, 0.5) is 0 Å². The summed E-state index contributed by atoms with van der Waals surface area (Å²) in [5.74, 6) is 2.22. The van der Waals surface area contributed by atoms with Crippen molar-refractivity contribution in [1.82, 2.24) is 5.32 Å². The van der Waals surface area contributed by atoms with Gasteiger partial charge in [0.15, 0.2) is 0 Å². The number of hydrogen-bond acceptors (Lipinski definition) is 3. The summed E-state index contributed by atoms with van der Waals surface area (Å²) in [6.07, 6.45) is 0.580. The fourth-order valence-electron chi connectivity index (χ4n) is 0.788. The van der Waals surface area contributed by atoms with E-state index in [2.05, 4.69) is 5.32 Å². The van der Waals surface area contributed by atoms with Crippen molar-refractivity contribution < 1.29 is 9.90 Å². The van der Waals surface area contributed by atoms with Gasteiger partial charge in [-0.2, -0.15) is 11.8 Å². The van der Waals surface area contributed by atoms with Crippen molar-refractivity contribution in [2.75, 3.05) is 24.7 Å². The fraction of sp³-hybridized carbons (Fsp3) is 0.889. The van der Waals surface area contributed by atoms with E-state index in [4.69, 9.17) is 5.11 Å². The molecule has 13 heavy (non-hydrogen) atoms. The molecule has 0 fully saturated rings. The van der Waals surface area contributed by atoms with Gasteiger partial charge in [-0.05, 0) is 18.6 Å². The summed E-state index contributed by atoms with van der Waals surface area (Å²) in [6.45, 7) is 4.85. The van der Waals surface area contributed by atoms with Gasteiger partial charge in [-0.15, -0.1) is 0 Å². The number of amides is 1. The first-order valence-electron chi connectivity index (χ1n) is 4.66. The molecule has 0 heterocycles. The van der Waals surface area contributed by atoms with Gasteiger partial charge in [-0.3, -0.25) is 4.79 Å². The van der Waals surface area contributed by atoms with E-state index in [1.807, 2.05) is 13.8 Å². The molecule has 0 aliphatic carbocycles. The van der Waals surface area contributed by atoms with Crippen molar-refractivity contribution in [2.45, 2.75) is 20.3 Å². The van der Waals surface area contributed by atoms with Crippen LogP contribution in [0.2, 0.25) is 0 Å². The van der Waals surface area contributed by atoms with E-state index in [1.165, 1.54) is 0 Å². The number of thioether (sulfide) groups is 1. The lowest BCUT2D eigenvalue weighted by Crippen LogP contribution is -2.22. The van der Waals surface area contributed by atoms with E-state index in [0.717, 1.165) is 11.5 Å². The number of carbonyl (C=O) groups excluding carboxylic acids is 1. The maximum Gasteiger partial charge on any atom is 0.220 e. The van der Waals surface area contributed by atoms with Gasteiger partial charge >= 0.3 is 0 Å². The molecule has 0 spiro atoms. The molecule has 1 atom stereocenters. The van der Waals surface area contributed by atoms with Crippen LogP contribution in [0.5, 0.6) is 0 Å². The lowest BCUT2D eigenvalue weighted by Gasteiger charge is -2.06. The molecule has 1 amide bonds. The number of aliphatic hydroxyl groups excluding tert-OH is 1. The highest BCUT2D eigenvalue weighted by Crippen LogP contribution is 2.08. The largest absolute Gasteiger partial charge is 0.396 e. The molecule has 3 nitrogen and oxygen atoms in total. The Bertz CT molecular complexity index is 142. The average Bonchev–Trinajstić information content (AvgIpc) is 2.12. The zero-order valence-electron chi connectivity index (χ0n) is 8.38. The highest BCUT2D eigenvalue weighted by atomic mass is 32.2. The zero-order chi connectivity index (χ0) is 10.1. The molecule has 0 bridgehead atoms. The number of hydrogen-bond donors (Lipinski definition) is 2. The Labute approximate surface area is 84.3 Å². The Morgan fingerprint density at radius 2 is 2.31 bits per heavy atom. The Kier molecular flexibility index (Phi) is 8.24. The summed E-state index contributed by atoms with van der Waals surface area (Å²) in [4.78, 5) is 11.0. The van der Waals surface area contributed by atoms with E-state index in [-0.39, 0.29) is 12.5 Å². The SMILES string of the molecule is CCNC(=O)CCSCC(C)CO. The molecule has 0 saturated carbocycles. The molecule has 0 aliphatic heterocycles. The van der Waals surface area contributed by atoms with E-state index >= 15 is 0 Å². The van der Waals surface area contributed by atoms with Crippen LogP contribution in [0, 0.1) is 5.92 Å². The predicted molar refractivity (Wildman–Crippen MR) is 56.9 cm³/mol. The highest BCUT2D eigenvalue weighted by Gasteiger charge is 2.02. The van der Waals surface area contributed by atoms with Gasteiger partial charge in [0.05, 0.1) is 0 Å². The van der Waals surface area contributed by atoms with Gasteiger partial charge in [0, 0.05) is 25.3 Å². The molecule has 0 aromatic heterocycles. The van der Waals surface area contributed by atoms with Crippen LogP contribution in [-0.2, 0) is 4.79 Å². The highest BCUT2D eigenvalue weighted by molar-refractivity contribution is 7.99. The molecule has 0 radical (unpaired) electrons. The monoisotopic (exact) mass is 205 g/mol. The van der Waals surface area contributed by atoms with E-state index in [0.29, 0.717) is 18.9 Å². The van der Waals surface area contributed by atoms with Gasteiger partial charge in [-0.25, -0.2) is 0 Å². The molecular formula is C9H19NO2S. The van der Waals surface area contributed by atoms with E-state index in [1.54, 1.807) is 11.8 Å². The van der Waals surface area contributed by atoms with Gasteiger partial charge in [0.2, 0.25) is 5.91 Å². The number of rotatable bonds is 7. The quantitative estimate of drug-likeness (QED) is 0.606. The third-order valence-electron chi connectivity index (χ3n) is 1.56. The summed E-state index contributed by atoms with van der Waals surface area (Å²) in [7, 11) is 0. The van der Waals surface area contributed by atoms with Crippen LogP contribution >= 0.6 is 11.8 Å². The van der Waals surface area contributed by atoms with Crippen molar-refractivity contribution >= 4 is 17.7 Å². The second kappa shape index (κ2) is 8.38. The lowest BCUT2D eigenvalue weighted by atomic mass is 10.2. The van der Waals surface area contributed by atoms with Gasteiger partial charge < -0.3 is 10.4 Å². The Morgan fingerprint density at radius 1 is 1.62 bits per heavy atom. The summed E-state index contributed by atoms with van der Waals surface area (Å²) >= 11 is 1.72. The second-order valence-electron chi connectivity index (χ2n) is 3.07. The zero-order valence-corrected chi connectivity index (χ0v) is 9.19. The Balaban J connectivity index is 3.20. The first-order valence-corrected chi connectivity index (χ1v) is 5.81. The van der Waals surface area contributed by atoms with Crippen LogP contribution in [0.1, 0.15) is 20.3 Å². The summed E-state index contributed by atoms with van der Waals surface area (Å²) in [5.41, 5.74) is 0. The third kappa shape index (κ3) is 8.12. The van der Waals surface area contributed by atoms with E-state index in [9.17, 15) is 4.79 Å². The number of aliphatic hydroxyl groups is 1. The molecular weight excluding hydrogens is 186 g/mol. The maximum absolute atomic E-state index is 11.0. The van der Waals surface area contributed by atoms with Gasteiger partial charge in [0.1, 0.15) is 0 Å². The van der Waals surface area contributed by atoms with Gasteiger partial charge in [-0.1, -0.05) is 6.92 Å². The van der Waals surface area contributed by atoms with Crippen LogP contribution in [0.25, 0.3) is 0 Å². The molecule has 0 rings (SSSR count). The maximum atomic E-state index is 11.0. The van der Waals surface area contributed by atoms with Crippen molar-refractivity contribution in [2.24, 2.45) is 5.92 Å². The molecule has 0 aliphatic rings. The van der Waals surface area contributed by atoms with Crippen molar-refractivity contribution in [3.05, 3.63) is 0 Å². The Hall–Kier alpha value is -0.220. The van der Waals surface area contributed by atoms with Crippen LogP contribution in [-0.4, -0.2) is 35.7 Å². The van der Waals surface area contributed by atoms with Crippen molar-refractivity contribution in [1.29, 1.82) is 0 Å². The molecule has 0 saturated heterocycles.